The highest BCUT2D eigenvalue weighted by molar-refractivity contribution is 6.30. The van der Waals surface area contributed by atoms with Gasteiger partial charge in [0.2, 0.25) is 5.95 Å². The molecule has 2 N–H and O–H groups in total. The molecule has 0 amide bonds. The third kappa shape index (κ3) is 1.91. The Labute approximate surface area is 118 Å². The second-order valence-corrected chi connectivity index (χ2v) is 4.90. The summed E-state index contributed by atoms with van der Waals surface area (Å²) < 4.78 is 28.4. The lowest BCUT2D eigenvalue weighted by Crippen LogP contribution is -2.01. The van der Waals surface area contributed by atoms with E-state index in [9.17, 15) is 8.78 Å². The minimum atomic E-state index is -0.513. The molecule has 0 aliphatic rings. The number of aryl methyl sites for hydroxylation is 1. The predicted molar refractivity (Wildman–Crippen MR) is 75.1 cm³/mol. The summed E-state index contributed by atoms with van der Waals surface area (Å²) in [6, 6.07) is 7.21. The van der Waals surface area contributed by atoms with E-state index in [1.54, 1.807) is 17.6 Å². The van der Waals surface area contributed by atoms with Crippen LogP contribution in [0, 0.1) is 18.6 Å². The van der Waals surface area contributed by atoms with Crippen LogP contribution in [0.4, 0.5) is 14.7 Å². The number of nitrogen functional groups attached to an aromatic ring is 1. The van der Waals surface area contributed by atoms with Crippen molar-refractivity contribution in [2.24, 2.45) is 0 Å². The fourth-order valence-electron chi connectivity index (χ4n) is 2.12. The van der Waals surface area contributed by atoms with Gasteiger partial charge in [0.25, 0.3) is 0 Å². The van der Waals surface area contributed by atoms with E-state index in [1.807, 2.05) is 0 Å². The Hall–Kier alpha value is -2.14. The number of hydrogen-bond acceptors (Lipinski definition) is 2. The molecule has 0 atom stereocenters. The lowest BCUT2D eigenvalue weighted by molar-refractivity contribution is 0.620. The van der Waals surface area contributed by atoms with E-state index in [0.29, 0.717) is 22.3 Å². The summed E-state index contributed by atoms with van der Waals surface area (Å²) in [6.07, 6.45) is 0. The molecule has 0 saturated carbocycles. The van der Waals surface area contributed by atoms with Crippen molar-refractivity contribution in [3.05, 3.63) is 52.6 Å². The quantitative estimate of drug-likeness (QED) is 0.740. The number of aromatic nitrogens is 2. The molecule has 20 heavy (non-hydrogen) atoms. The number of halogens is 3. The first-order chi connectivity index (χ1) is 9.47. The Morgan fingerprint density at radius 3 is 2.60 bits per heavy atom. The number of anilines is 1. The van der Waals surface area contributed by atoms with Crippen molar-refractivity contribution in [2.45, 2.75) is 6.92 Å². The highest BCUT2D eigenvalue weighted by atomic mass is 35.5. The fourth-order valence-corrected chi connectivity index (χ4v) is 2.29. The van der Waals surface area contributed by atoms with Gasteiger partial charge in [-0.2, -0.15) is 0 Å². The zero-order chi connectivity index (χ0) is 14.4. The van der Waals surface area contributed by atoms with Gasteiger partial charge in [-0.15, -0.1) is 0 Å². The van der Waals surface area contributed by atoms with E-state index in [2.05, 4.69) is 4.98 Å². The van der Waals surface area contributed by atoms with Crippen molar-refractivity contribution in [3.63, 3.8) is 0 Å². The lowest BCUT2D eigenvalue weighted by Gasteiger charge is -2.08. The second kappa shape index (κ2) is 4.45. The molecule has 1 aromatic heterocycles. The van der Waals surface area contributed by atoms with Crippen molar-refractivity contribution in [2.75, 3.05) is 5.73 Å². The number of fused-ring (bicyclic) bond motifs is 1. The van der Waals surface area contributed by atoms with E-state index in [-0.39, 0.29) is 16.8 Å². The van der Waals surface area contributed by atoms with Crippen molar-refractivity contribution in [3.8, 4) is 5.69 Å². The third-order valence-electron chi connectivity index (χ3n) is 3.12. The van der Waals surface area contributed by atoms with Gasteiger partial charge in [-0.3, -0.25) is 4.57 Å². The van der Waals surface area contributed by atoms with E-state index in [0.717, 1.165) is 0 Å². The number of benzene rings is 2. The minimum Gasteiger partial charge on any atom is -0.369 e. The Morgan fingerprint density at radius 2 is 1.90 bits per heavy atom. The molecule has 6 heteroatoms. The zero-order valence-corrected chi connectivity index (χ0v) is 11.2. The number of hydrogen-bond donors (Lipinski definition) is 1. The van der Waals surface area contributed by atoms with Crippen LogP contribution in [0.2, 0.25) is 5.02 Å². The van der Waals surface area contributed by atoms with E-state index < -0.39 is 5.82 Å². The standard InChI is InChI=1S/C14H10ClF2N3/c1-7-4-13-12(6-11(7)17)19-14(18)20(13)8-2-3-10(16)9(15)5-8/h2-6H,1H3,(H2,18,19). The lowest BCUT2D eigenvalue weighted by atomic mass is 10.2. The summed E-state index contributed by atoms with van der Waals surface area (Å²) in [4.78, 5) is 4.11. The Kier molecular flexibility index (Phi) is 2.87. The summed E-state index contributed by atoms with van der Waals surface area (Å²) >= 11 is 5.78. The molecule has 2 aromatic carbocycles. The number of nitrogens with two attached hydrogens (primary N) is 1. The van der Waals surface area contributed by atoms with Crippen LogP contribution in [0.15, 0.2) is 30.3 Å². The van der Waals surface area contributed by atoms with Crippen LogP contribution >= 0.6 is 11.6 Å². The first-order valence-corrected chi connectivity index (χ1v) is 6.24. The molecular weight excluding hydrogens is 284 g/mol. The summed E-state index contributed by atoms with van der Waals surface area (Å²) in [5, 5.41) is -0.0115. The minimum absolute atomic E-state index is 0.0115. The molecule has 0 fully saturated rings. The maximum absolute atomic E-state index is 13.5. The van der Waals surface area contributed by atoms with Crippen LogP contribution in [-0.2, 0) is 0 Å². The van der Waals surface area contributed by atoms with Crippen LogP contribution in [0.5, 0.6) is 0 Å². The zero-order valence-electron chi connectivity index (χ0n) is 10.5. The molecule has 0 aliphatic heterocycles. The Balaban J connectivity index is 2.32. The largest absolute Gasteiger partial charge is 0.369 e. The Bertz CT molecular complexity index is 827. The highest BCUT2D eigenvalue weighted by Gasteiger charge is 2.13. The van der Waals surface area contributed by atoms with Gasteiger partial charge in [-0.1, -0.05) is 11.6 Å². The smallest absolute Gasteiger partial charge is 0.205 e. The molecular formula is C14H10ClF2N3. The van der Waals surface area contributed by atoms with Crippen LogP contribution in [0.3, 0.4) is 0 Å². The molecule has 0 saturated heterocycles. The van der Waals surface area contributed by atoms with E-state index >= 15 is 0 Å². The van der Waals surface area contributed by atoms with Crippen LogP contribution in [-0.4, -0.2) is 9.55 Å². The van der Waals surface area contributed by atoms with E-state index in [4.69, 9.17) is 17.3 Å². The summed E-state index contributed by atoms with van der Waals surface area (Å²) in [5.74, 6) is -0.674. The van der Waals surface area contributed by atoms with Gasteiger partial charge in [0.05, 0.1) is 21.7 Å². The second-order valence-electron chi connectivity index (χ2n) is 4.49. The number of nitrogens with zero attached hydrogens (tertiary/aromatic N) is 2. The molecule has 1 heterocycles. The first kappa shape index (κ1) is 12.9. The molecule has 0 spiro atoms. The molecule has 0 bridgehead atoms. The maximum Gasteiger partial charge on any atom is 0.205 e. The van der Waals surface area contributed by atoms with Gasteiger partial charge in [0.1, 0.15) is 11.6 Å². The van der Waals surface area contributed by atoms with Gasteiger partial charge in [0, 0.05) is 6.07 Å². The van der Waals surface area contributed by atoms with Crippen molar-refractivity contribution in [1.29, 1.82) is 0 Å². The van der Waals surface area contributed by atoms with Gasteiger partial charge in [-0.05, 0) is 36.8 Å². The maximum atomic E-state index is 13.5. The van der Waals surface area contributed by atoms with E-state index in [1.165, 1.54) is 24.3 Å². The van der Waals surface area contributed by atoms with Gasteiger partial charge >= 0.3 is 0 Å². The average Bonchev–Trinajstić information content (AvgIpc) is 2.69. The number of imidazole rings is 1. The van der Waals surface area contributed by atoms with Gasteiger partial charge in [0.15, 0.2) is 0 Å². The predicted octanol–water partition coefficient (Wildman–Crippen LogP) is 3.85. The summed E-state index contributed by atoms with van der Waals surface area (Å²) in [6.45, 7) is 1.65. The van der Waals surface area contributed by atoms with Crippen LogP contribution < -0.4 is 5.73 Å². The average molecular weight is 294 g/mol. The van der Waals surface area contributed by atoms with Crippen molar-refractivity contribution >= 4 is 28.6 Å². The topological polar surface area (TPSA) is 43.8 Å². The van der Waals surface area contributed by atoms with Crippen molar-refractivity contribution < 1.29 is 8.78 Å². The highest BCUT2D eigenvalue weighted by Crippen LogP contribution is 2.27. The summed E-state index contributed by atoms with van der Waals surface area (Å²) in [5.41, 5.74) is 8.00. The molecule has 0 aliphatic carbocycles. The SMILES string of the molecule is Cc1cc2c(cc1F)nc(N)n2-c1ccc(F)c(Cl)c1. The van der Waals surface area contributed by atoms with Crippen molar-refractivity contribution in [1.82, 2.24) is 9.55 Å². The molecule has 0 radical (unpaired) electrons. The number of rotatable bonds is 1. The molecule has 3 rings (SSSR count). The fraction of sp³-hybridized carbons (Fsp3) is 0.0714. The first-order valence-electron chi connectivity index (χ1n) is 5.87. The van der Waals surface area contributed by atoms with Crippen LogP contribution in [0.25, 0.3) is 16.7 Å². The molecule has 3 aromatic rings. The third-order valence-corrected chi connectivity index (χ3v) is 3.41. The van der Waals surface area contributed by atoms with Gasteiger partial charge < -0.3 is 5.73 Å². The normalized spacial score (nSPS) is 11.2. The molecule has 3 nitrogen and oxygen atoms in total. The Morgan fingerprint density at radius 1 is 1.15 bits per heavy atom. The molecule has 0 unspecified atom stereocenters. The molecule has 102 valence electrons. The van der Waals surface area contributed by atoms with Gasteiger partial charge in [-0.25, -0.2) is 13.8 Å². The monoisotopic (exact) mass is 293 g/mol. The van der Waals surface area contributed by atoms with Crippen LogP contribution in [0.1, 0.15) is 5.56 Å². The summed E-state index contributed by atoms with van der Waals surface area (Å²) in [7, 11) is 0.